The number of hydrogen-bond acceptors (Lipinski definition) is 5. The van der Waals surface area contributed by atoms with E-state index in [1.807, 2.05) is 19.9 Å². The van der Waals surface area contributed by atoms with Crippen molar-refractivity contribution in [2.75, 3.05) is 13.2 Å². The highest BCUT2D eigenvalue weighted by Gasteiger charge is 2.49. The maximum atomic E-state index is 16.8. The lowest BCUT2D eigenvalue weighted by Gasteiger charge is -2.38. The summed E-state index contributed by atoms with van der Waals surface area (Å²) in [5.74, 6) is -0.149. The minimum atomic E-state index is -0.483. The summed E-state index contributed by atoms with van der Waals surface area (Å²) in [6, 6.07) is 11.6. The average Bonchev–Trinajstić information content (AvgIpc) is 3.79. The van der Waals surface area contributed by atoms with Gasteiger partial charge in [-0.2, -0.15) is 5.26 Å². The van der Waals surface area contributed by atoms with Gasteiger partial charge < -0.3 is 19.9 Å². The molecule has 2 aromatic heterocycles. The Bertz CT molecular complexity index is 1810. The summed E-state index contributed by atoms with van der Waals surface area (Å²) in [7, 11) is 0. The molecule has 1 saturated carbocycles. The highest BCUT2D eigenvalue weighted by Crippen LogP contribution is 2.49. The average molecular weight is 621 g/mol. The van der Waals surface area contributed by atoms with Crippen LogP contribution in [0.3, 0.4) is 0 Å². The Morgan fingerprint density at radius 1 is 1.33 bits per heavy atom. The zero-order valence-electron chi connectivity index (χ0n) is 24.0. The second kappa shape index (κ2) is 11.0. The molecule has 0 spiro atoms. The van der Waals surface area contributed by atoms with Crippen molar-refractivity contribution in [1.29, 1.82) is 5.26 Å². The van der Waals surface area contributed by atoms with Gasteiger partial charge in [-0.15, -0.1) is 0 Å². The molecule has 3 saturated heterocycles. The van der Waals surface area contributed by atoms with Crippen LogP contribution in [0.1, 0.15) is 61.6 Å². The van der Waals surface area contributed by atoms with Crippen LogP contribution in [-0.2, 0) is 16.0 Å². The van der Waals surface area contributed by atoms with Gasteiger partial charge >= 0.3 is 0 Å². The summed E-state index contributed by atoms with van der Waals surface area (Å²) >= 11 is 12.9. The van der Waals surface area contributed by atoms with Crippen LogP contribution in [0, 0.1) is 30.0 Å². The number of aromatic nitrogens is 2. The van der Waals surface area contributed by atoms with Gasteiger partial charge in [-0.1, -0.05) is 35.3 Å². The normalized spacial score (nSPS) is 23.4. The van der Waals surface area contributed by atoms with Crippen LogP contribution >= 0.6 is 23.2 Å². The van der Waals surface area contributed by atoms with Gasteiger partial charge in [0.25, 0.3) is 0 Å². The molecule has 4 aliphatic rings. The molecule has 43 heavy (non-hydrogen) atoms. The van der Waals surface area contributed by atoms with Gasteiger partial charge in [0.1, 0.15) is 11.6 Å². The maximum Gasteiger partial charge on any atom is 0.249 e. The monoisotopic (exact) mass is 619 g/mol. The number of amides is 1. The van der Waals surface area contributed by atoms with E-state index in [4.69, 9.17) is 32.9 Å². The number of nitrogens with one attached hydrogen (secondary N) is 2. The first-order valence-corrected chi connectivity index (χ1v) is 15.7. The number of carbonyl (C=O) groups excluding carboxylic acids is 1. The molecule has 222 valence electrons. The third-order valence-electron chi connectivity index (χ3n) is 9.46. The number of nitrogens with zero attached hydrogens (tertiary/aromatic N) is 3. The number of benzene rings is 2. The quantitative estimate of drug-likeness (QED) is 0.233. The number of ether oxygens (including phenoxy) is 1. The summed E-state index contributed by atoms with van der Waals surface area (Å²) in [6.45, 7) is 5.41. The first-order chi connectivity index (χ1) is 20.8. The maximum absolute atomic E-state index is 16.8. The minimum absolute atomic E-state index is 0.107. The van der Waals surface area contributed by atoms with E-state index in [0.29, 0.717) is 57.8 Å². The zero-order valence-corrected chi connectivity index (χ0v) is 25.5. The summed E-state index contributed by atoms with van der Waals surface area (Å²) in [5, 5.41) is 18.5. The summed E-state index contributed by atoms with van der Waals surface area (Å²) in [6.07, 6.45) is 2.81. The lowest BCUT2D eigenvalue weighted by molar-refractivity contribution is -0.130. The predicted molar refractivity (Wildman–Crippen MR) is 166 cm³/mol. The molecule has 2 aromatic carbocycles. The van der Waals surface area contributed by atoms with Gasteiger partial charge in [0.2, 0.25) is 5.91 Å². The van der Waals surface area contributed by atoms with E-state index in [2.05, 4.69) is 27.3 Å². The van der Waals surface area contributed by atoms with Gasteiger partial charge in [0.05, 0.1) is 33.7 Å². The zero-order chi connectivity index (χ0) is 30.0. The van der Waals surface area contributed by atoms with E-state index in [1.165, 1.54) is 0 Å². The molecule has 2 N–H and O–H groups in total. The molecule has 1 unspecified atom stereocenters. The molecule has 7 nitrogen and oxygen atoms in total. The van der Waals surface area contributed by atoms with Gasteiger partial charge in [0, 0.05) is 58.9 Å². The Kier molecular flexibility index (Phi) is 7.33. The summed E-state index contributed by atoms with van der Waals surface area (Å²) in [5.41, 5.74) is 4.28. The summed E-state index contributed by atoms with van der Waals surface area (Å²) < 4.78 is 24.8. The largest absolute Gasteiger partial charge is 0.368 e. The van der Waals surface area contributed by atoms with E-state index >= 15 is 4.39 Å². The van der Waals surface area contributed by atoms with Gasteiger partial charge in [0.15, 0.2) is 5.82 Å². The van der Waals surface area contributed by atoms with E-state index in [1.54, 1.807) is 18.2 Å². The molecule has 4 aromatic rings. The number of nitriles is 1. The molecule has 10 heteroatoms. The predicted octanol–water partition coefficient (Wildman–Crippen LogP) is 6.96. The van der Waals surface area contributed by atoms with E-state index < -0.39 is 11.9 Å². The molecule has 1 aliphatic carbocycles. The summed E-state index contributed by atoms with van der Waals surface area (Å²) in [4.78, 5) is 17.9. The first kappa shape index (κ1) is 28.5. The molecule has 2 bridgehead atoms. The van der Waals surface area contributed by atoms with Crippen LogP contribution in [0.4, 0.5) is 4.39 Å². The highest BCUT2D eigenvalue weighted by molar-refractivity contribution is 6.43. The lowest BCUT2D eigenvalue weighted by atomic mass is 9.79. The number of pyridine rings is 1. The third-order valence-corrected chi connectivity index (χ3v) is 10.3. The number of rotatable bonds is 7. The van der Waals surface area contributed by atoms with Crippen molar-refractivity contribution >= 4 is 50.9 Å². The molecule has 8 rings (SSSR count). The highest BCUT2D eigenvalue weighted by atomic mass is 35.5. The third kappa shape index (κ3) is 4.60. The Hall–Kier alpha value is -3.22. The van der Waals surface area contributed by atoms with Gasteiger partial charge in [-0.3, -0.25) is 4.79 Å². The van der Waals surface area contributed by atoms with Crippen molar-refractivity contribution in [3.63, 3.8) is 0 Å². The molecule has 5 atom stereocenters. The van der Waals surface area contributed by atoms with Crippen LogP contribution < -0.4 is 10.6 Å². The fourth-order valence-corrected chi connectivity index (χ4v) is 7.74. The van der Waals surface area contributed by atoms with Crippen LogP contribution in [-0.4, -0.2) is 40.8 Å². The Morgan fingerprint density at radius 3 is 2.86 bits per heavy atom. The molecule has 0 radical (unpaired) electrons. The number of halogens is 3. The smallest absolute Gasteiger partial charge is 0.249 e. The molecule has 3 aliphatic heterocycles. The van der Waals surface area contributed by atoms with Crippen LogP contribution in [0.5, 0.6) is 0 Å². The fraction of sp³-hybridized carbons (Fsp3) is 0.424. The van der Waals surface area contributed by atoms with Gasteiger partial charge in [-0.25, -0.2) is 9.37 Å². The lowest BCUT2D eigenvalue weighted by Crippen LogP contribution is -2.41. The Morgan fingerprint density at radius 2 is 2.16 bits per heavy atom. The standard InChI is InChI=1S/C33H32Cl2FN5O2/c1-16-21-14-25(17(2)40-33(42)26-9-5-11-43-26)41(31-19-13-24(31)38-15-19)32(21)22-12-18(6-4-10-37)27(29(36)30(22)39-16)20-7-3-8-23(34)28(20)35/h3,7-8,12,14,17,19,24,26,31,38H,4-6,9,11,13,15H2,1-2H3,(H,40,42)/t17?,19-,24-,26+,31+/m1/s1. The molecule has 5 heterocycles. The van der Waals surface area contributed by atoms with E-state index in [9.17, 15) is 10.1 Å². The number of carbonyl (C=O) groups is 1. The SMILES string of the molecule is Cc1nc2c(F)c(-c3cccc(Cl)c3Cl)c(CCC#N)cc2c2c1cc(C(C)NC(=O)[C@@H]1CCCO1)n2[C@H]1[C@H]2CN[C@@H]1C2. The second-order valence-electron chi connectivity index (χ2n) is 12.0. The minimum Gasteiger partial charge on any atom is -0.368 e. The van der Waals surface area contributed by atoms with Crippen molar-refractivity contribution < 1.29 is 13.9 Å². The molecular formula is C33H32Cl2FN5O2. The topological polar surface area (TPSA) is 92.0 Å². The van der Waals surface area contributed by atoms with Crippen LogP contribution in [0.25, 0.3) is 32.9 Å². The molecular weight excluding hydrogens is 588 g/mol. The molecule has 1 amide bonds. The molecule has 4 fully saturated rings. The first-order valence-electron chi connectivity index (χ1n) is 14.9. The van der Waals surface area contributed by atoms with Crippen molar-refractivity contribution in [3.8, 4) is 17.2 Å². The van der Waals surface area contributed by atoms with E-state index in [-0.39, 0.29) is 35.0 Å². The van der Waals surface area contributed by atoms with Crippen LogP contribution in [0.2, 0.25) is 10.0 Å². The van der Waals surface area contributed by atoms with Crippen molar-refractivity contribution in [3.05, 3.63) is 63.1 Å². The van der Waals surface area contributed by atoms with Crippen molar-refractivity contribution in [2.45, 2.75) is 70.2 Å². The number of aryl methyl sites for hydroxylation is 2. The fourth-order valence-electron chi connectivity index (χ4n) is 7.34. The van der Waals surface area contributed by atoms with Crippen LogP contribution in [0.15, 0.2) is 30.3 Å². The second-order valence-corrected chi connectivity index (χ2v) is 12.8. The number of fused-ring (bicyclic) bond motifs is 4. The number of hydrogen-bond donors (Lipinski definition) is 2. The Labute approximate surface area is 259 Å². The Balaban J connectivity index is 1.47. The van der Waals surface area contributed by atoms with Crippen molar-refractivity contribution in [1.82, 2.24) is 20.2 Å². The van der Waals surface area contributed by atoms with Gasteiger partial charge in [-0.05, 0) is 69.2 Å². The van der Waals surface area contributed by atoms with E-state index in [0.717, 1.165) is 42.4 Å². The van der Waals surface area contributed by atoms with Crippen molar-refractivity contribution in [2.24, 2.45) is 5.92 Å².